The molecule has 1 atom stereocenters. The van der Waals surface area contributed by atoms with E-state index in [1.165, 1.54) is 0 Å². The summed E-state index contributed by atoms with van der Waals surface area (Å²) >= 11 is 9.92. The zero-order chi connectivity index (χ0) is 6.57. The van der Waals surface area contributed by atoms with Crippen molar-refractivity contribution < 1.29 is 9.36 Å². The number of rotatable bonds is 3. The Balaban J connectivity index is 3.18. The second-order valence-corrected chi connectivity index (χ2v) is 3.78. The zero-order valence-corrected chi connectivity index (χ0v) is 6.34. The lowest BCUT2D eigenvalue weighted by molar-refractivity contribution is -0.111. The lowest BCUT2D eigenvalue weighted by Gasteiger charge is -1.74. The summed E-state index contributed by atoms with van der Waals surface area (Å²) in [5, 5.41) is -0.492. The maximum absolute atomic E-state index is 10.1. The van der Waals surface area contributed by atoms with Crippen molar-refractivity contribution in [3.05, 3.63) is 0 Å². The van der Waals surface area contributed by atoms with Crippen LogP contribution in [0, 0.1) is 0 Å². The molecule has 0 bridgehead atoms. The Morgan fingerprint density at radius 1 is 1.62 bits per heavy atom. The predicted octanol–water partition coefficient (Wildman–Crippen LogP) is 2.12. The highest BCUT2D eigenvalue weighted by Gasteiger charge is 2.11. The third kappa shape index (κ3) is 6.35. The highest BCUT2D eigenvalue weighted by Crippen LogP contribution is 2.26. The standard InChI is InChI=1S/C3H4Cl2O2P/c4-3(6)1-2-8(5)7/h1-2H2/q+1. The summed E-state index contributed by atoms with van der Waals surface area (Å²) in [5.74, 6) is 0. The van der Waals surface area contributed by atoms with Gasteiger partial charge in [-0.1, -0.05) is 4.57 Å². The third-order valence-electron chi connectivity index (χ3n) is 0.484. The molecule has 1 unspecified atom stereocenters. The minimum atomic E-state index is -1.72. The summed E-state index contributed by atoms with van der Waals surface area (Å²) in [4.78, 5) is 9.93. The first-order valence-electron chi connectivity index (χ1n) is 1.91. The number of halogens is 2. The Morgan fingerprint density at radius 2 is 2.12 bits per heavy atom. The van der Waals surface area contributed by atoms with Crippen molar-refractivity contribution in [1.29, 1.82) is 0 Å². The Kier molecular flexibility index (Phi) is 4.44. The molecule has 0 aromatic carbocycles. The molecular weight excluding hydrogens is 170 g/mol. The molecule has 0 aliphatic heterocycles. The fourth-order valence-corrected chi connectivity index (χ4v) is 1.03. The van der Waals surface area contributed by atoms with E-state index in [2.05, 4.69) is 0 Å². The first kappa shape index (κ1) is 8.35. The smallest absolute Gasteiger partial charge is 0.281 e. The van der Waals surface area contributed by atoms with E-state index in [4.69, 9.17) is 22.8 Å². The molecule has 0 aromatic rings. The van der Waals surface area contributed by atoms with Crippen LogP contribution in [0.15, 0.2) is 0 Å². The van der Waals surface area contributed by atoms with E-state index in [0.29, 0.717) is 0 Å². The molecule has 0 fully saturated rings. The summed E-state index contributed by atoms with van der Waals surface area (Å²) < 4.78 is 10.1. The van der Waals surface area contributed by atoms with Crippen LogP contribution in [0.3, 0.4) is 0 Å². The highest BCUT2D eigenvalue weighted by atomic mass is 35.7. The van der Waals surface area contributed by atoms with Gasteiger partial charge in [-0.3, -0.25) is 4.79 Å². The molecule has 5 heteroatoms. The molecule has 0 amide bonds. The topological polar surface area (TPSA) is 34.1 Å². The van der Waals surface area contributed by atoms with Gasteiger partial charge in [0.25, 0.3) is 0 Å². The Labute approximate surface area is 57.7 Å². The Bertz CT molecular complexity index is 99.9. The number of hydrogen-bond donors (Lipinski definition) is 0. The van der Waals surface area contributed by atoms with E-state index in [9.17, 15) is 9.36 Å². The molecule has 0 heterocycles. The Hall–Kier alpha value is 0.350. The molecule has 46 valence electrons. The molecule has 0 spiro atoms. The molecule has 0 N–H and O–H groups in total. The van der Waals surface area contributed by atoms with Crippen molar-refractivity contribution in [3.63, 3.8) is 0 Å². The van der Waals surface area contributed by atoms with Crippen LogP contribution < -0.4 is 0 Å². The van der Waals surface area contributed by atoms with Crippen LogP contribution in [-0.2, 0) is 9.36 Å². The van der Waals surface area contributed by atoms with E-state index in [0.717, 1.165) is 0 Å². The summed E-state index contributed by atoms with van der Waals surface area (Å²) in [7, 11) is -1.72. The zero-order valence-electron chi connectivity index (χ0n) is 3.93. The van der Waals surface area contributed by atoms with E-state index >= 15 is 0 Å². The molecule has 0 radical (unpaired) electrons. The van der Waals surface area contributed by atoms with Crippen molar-refractivity contribution in [2.24, 2.45) is 0 Å². The quantitative estimate of drug-likeness (QED) is 0.485. The van der Waals surface area contributed by atoms with Gasteiger partial charge in [-0.2, -0.15) is 0 Å². The van der Waals surface area contributed by atoms with Crippen molar-refractivity contribution in [2.75, 3.05) is 6.16 Å². The van der Waals surface area contributed by atoms with Crippen LogP contribution in [0.1, 0.15) is 6.42 Å². The summed E-state index contributed by atoms with van der Waals surface area (Å²) in [5.41, 5.74) is 0. The Morgan fingerprint density at radius 3 is 2.25 bits per heavy atom. The third-order valence-corrected chi connectivity index (χ3v) is 1.76. The van der Waals surface area contributed by atoms with Crippen LogP contribution in [0.5, 0.6) is 0 Å². The van der Waals surface area contributed by atoms with Crippen molar-refractivity contribution >= 4 is 35.2 Å². The lowest BCUT2D eigenvalue weighted by Crippen LogP contribution is -1.85. The van der Waals surface area contributed by atoms with Gasteiger partial charge in [-0.15, -0.1) is 0 Å². The molecule has 8 heavy (non-hydrogen) atoms. The van der Waals surface area contributed by atoms with Crippen molar-refractivity contribution in [2.45, 2.75) is 6.42 Å². The van der Waals surface area contributed by atoms with Crippen LogP contribution in [0.2, 0.25) is 0 Å². The molecule has 2 nitrogen and oxygen atoms in total. The van der Waals surface area contributed by atoms with Gasteiger partial charge < -0.3 is 0 Å². The van der Waals surface area contributed by atoms with Gasteiger partial charge in [0, 0.05) is 0 Å². The van der Waals surface area contributed by atoms with Crippen molar-refractivity contribution in [3.8, 4) is 0 Å². The minimum absolute atomic E-state index is 0.0975. The second-order valence-electron chi connectivity index (χ2n) is 1.15. The monoisotopic (exact) mass is 173 g/mol. The van der Waals surface area contributed by atoms with Crippen LogP contribution in [0.25, 0.3) is 0 Å². The van der Waals surface area contributed by atoms with E-state index in [-0.39, 0.29) is 12.6 Å². The van der Waals surface area contributed by atoms with Gasteiger partial charge in [0.15, 0.2) is 6.16 Å². The molecule has 0 aromatic heterocycles. The highest BCUT2D eigenvalue weighted by molar-refractivity contribution is 7.73. The average Bonchev–Trinajstić information content (AvgIpc) is 1.61. The fourth-order valence-electron chi connectivity index (χ4n) is 0.176. The predicted molar refractivity (Wildman–Crippen MR) is 33.8 cm³/mol. The van der Waals surface area contributed by atoms with E-state index in [1.54, 1.807) is 0 Å². The largest absolute Gasteiger partial charge is 0.455 e. The maximum atomic E-state index is 10.1. The second kappa shape index (κ2) is 4.25. The number of carbonyl (C=O) groups excluding carboxylic acids is 1. The average molecular weight is 174 g/mol. The van der Waals surface area contributed by atoms with E-state index in [1.807, 2.05) is 0 Å². The van der Waals surface area contributed by atoms with Gasteiger partial charge in [0.05, 0.1) is 6.42 Å². The summed E-state index contributed by atoms with van der Waals surface area (Å²) in [6.45, 7) is 0. The van der Waals surface area contributed by atoms with Gasteiger partial charge in [0.1, 0.15) is 0 Å². The fraction of sp³-hybridized carbons (Fsp3) is 0.667. The first-order valence-corrected chi connectivity index (χ1v) is 4.64. The van der Waals surface area contributed by atoms with Crippen LogP contribution in [-0.4, -0.2) is 11.4 Å². The van der Waals surface area contributed by atoms with Crippen LogP contribution in [0.4, 0.5) is 0 Å². The lowest BCUT2D eigenvalue weighted by atomic mass is 10.6. The molecule has 0 saturated heterocycles. The van der Waals surface area contributed by atoms with Crippen molar-refractivity contribution in [1.82, 2.24) is 0 Å². The SMILES string of the molecule is O=C(Cl)CC[P+](=O)Cl. The molecule has 0 saturated carbocycles. The number of hydrogen-bond acceptors (Lipinski definition) is 2. The normalized spacial score (nSPS) is 11.0. The first-order chi connectivity index (χ1) is 3.63. The maximum Gasteiger partial charge on any atom is 0.455 e. The number of carbonyl (C=O) groups is 1. The van der Waals surface area contributed by atoms with Gasteiger partial charge in [-0.05, 0) is 11.6 Å². The van der Waals surface area contributed by atoms with Gasteiger partial charge in [0.2, 0.25) is 16.5 Å². The summed E-state index contributed by atoms with van der Waals surface area (Å²) in [6, 6.07) is 0. The van der Waals surface area contributed by atoms with Crippen LogP contribution >= 0.6 is 30.0 Å². The molecule has 0 rings (SSSR count). The molecule has 0 aliphatic carbocycles. The van der Waals surface area contributed by atoms with Gasteiger partial charge >= 0.3 is 7.15 Å². The minimum Gasteiger partial charge on any atom is -0.281 e. The summed E-state index contributed by atoms with van der Waals surface area (Å²) in [6.07, 6.45) is 0.277. The molecule has 0 aliphatic rings. The van der Waals surface area contributed by atoms with E-state index < -0.39 is 12.4 Å². The van der Waals surface area contributed by atoms with Gasteiger partial charge in [-0.25, -0.2) is 0 Å². The molecular formula is C3H4Cl2O2P+.